The number of fused-ring (bicyclic) bond motifs is 1. The average Bonchev–Trinajstić information content (AvgIpc) is 3.77. The second-order valence-corrected chi connectivity index (χ2v) is 11.1. The first-order valence-corrected chi connectivity index (χ1v) is 12.9. The fourth-order valence-corrected chi connectivity index (χ4v) is 6.74. The van der Waals surface area contributed by atoms with Crippen LogP contribution in [0, 0.1) is 21.7 Å². The highest BCUT2D eigenvalue weighted by molar-refractivity contribution is 7.54. The summed E-state index contributed by atoms with van der Waals surface area (Å²) >= 11 is 0. The molecule has 1 atom stereocenters. The van der Waals surface area contributed by atoms with E-state index in [2.05, 4.69) is 9.97 Å². The van der Waals surface area contributed by atoms with Crippen molar-refractivity contribution in [2.24, 2.45) is 0 Å². The number of nitrogens with zero attached hydrogens (tertiary/aromatic N) is 5. The zero-order valence-corrected chi connectivity index (χ0v) is 19.7. The van der Waals surface area contributed by atoms with Crippen LogP contribution in [0.15, 0.2) is 42.7 Å². The van der Waals surface area contributed by atoms with Crippen LogP contribution in [0.4, 0.5) is 14.5 Å². The molecule has 2 fully saturated rings. The van der Waals surface area contributed by atoms with Crippen molar-refractivity contribution in [1.29, 1.82) is 0 Å². The molecule has 2 aromatic carbocycles. The molecule has 13 heteroatoms. The zero-order valence-electron chi connectivity index (χ0n) is 18.8. The van der Waals surface area contributed by atoms with Crippen molar-refractivity contribution in [3.05, 3.63) is 75.6 Å². The van der Waals surface area contributed by atoms with Crippen LogP contribution in [0.25, 0.3) is 11.4 Å². The lowest BCUT2D eigenvalue weighted by Gasteiger charge is -2.24. The van der Waals surface area contributed by atoms with Gasteiger partial charge in [0.2, 0.25) is 5.75 Å². The molecule has 3 aliphatic rings. The SMILES string of the molecule is O=[N+]([O-])c1ccc2c(c1Oc1ccc(-c3ncc(F)cn3)c(F)c1)CC[C@H]2OP(=O)(N1CC1)N1CC1. The number of hydrogen-bond donors (Lipinski definition) is 0. The highest BCUT2D eigenvalue weighted by Gasteiger charge is 2.51. The van der Waals surface area contributed by atoms with E-state index in [0.29, 0.717) is 50.1 Å². The quantitative estimate of drug-likeness (QED) is 0.180. The predicted octanol–water partition coefficient (Wildman–Crippen LogP) is 4.87. The first-order chi connectivity index (χ1) is 17.3. The summed E-state index contributed by atoms with van der Waals surface area (Å²) in [5.41, 5.74) is 1.02. The van der Waals surface area contributed by atoms with Crippen LogP contribution >= 0.6 is 7.67 Å². The molecule has 0 amide bonds. The van der Waals surface area contributed by atoms with Gasteiger partial charge in [-0.1, -0.05) is 0 Å². The lowest BCUT2D eigenvalue weighted by molar-refractivity contribution is -0.385. The molecular formula is C23H20F2N5O5P. The van der Waals surface area contributed by atoms with Crippen molar-refractivity contribution in [2.75, 3.05) is 26.2 Å². The van der Waals surface area contributed by atoms with Crippen molar-refractivity contribution < 1.29 is 27.5 Å². The van der Waals surface area contributed by atoms with Crippen molar-refractivity contribution in [3.63, 3.8) is 0 Å². The maximum absolute atomic E-state index is 14.8. The number of nitro groups is 1. The molecule has 0 N–H and O–H groups in total. The summed E-state index contributed by atoms with van der Waals surface area (Å²) < 4.78 is 57.1. The Balaban J connectivity index is 1.31. The van der Waals surface area contributed by atoms with E-state index in [4.69, 9.17) is 9.26 Å². The normalized spacial score (nSPS) is 19.2. The number of benzene rings is 2. The maximum atomic E-state index is 14.8. The summed E-state index contributed by atoms with van der Waals surface area (Å²) in [6, 6.07) is 6.81. The molecule has 1 aromatic heterocycles. The van der Waals surface area contributed by atoms with Gasteiger partial charge in [-0.2, -0.15) is 0 Å². The molecule has 1 aliphatic carbocycles. The van der Waals surface area contributed by atoms with E-state index >= 15 is 0 Å². The van der Waals surface area contributed by atoms with Crippen molar-refractivity contribution in [3.8, 4) is 22.9 Å². The predicted molar refractivity (Wildman–Crippen MR) is 123 cm³/mol. The van der Waals surface area contributed by atoms with Gasteiger partial charge in [-0.3, -0.25) is 19.2 Å². The lowest BCUT2D eigenvalue weighted by atomic mass is 10.1. The number of rotatable bonds is 8. The standard InChI is InChI=1S/C23H20F2N5O5P/c24-14-12-26-23(27-13-14)18-2-1-15(11-19(18)25)34-22-17-4-6-21(16(17)3-5-20(22)30(31)32)35-36(33,28-7-8-28)29-9-10-29/h1-3,5,11-13,21H,4,6-10H2/t21-/m1/s1. The van der Waals surface area contributed by atoms with Gasteiger partial charge in [0.1, 0.15) is 11.6 Å². The molecular weight excluding hydrogens is 495 g/mol. The van der Waals surface area contributed by atoms with Crippen LogP contribution in [0.5, 0.6) is 11.5 Å². The Morgan fingerprint density at radius 1 is 1.06 bits per heavy atom. The number of nitro benzene ring substituents is 1. The van der Waals surface area contributed by atoms with E-state index in [-0.39, 0.29) is 28.6 Å². The summed E-state index contributed by atoms with van der Waals surface area (Å²) in [7, 11) is -3.10. The number of ether oxygens (including phenoxy) is 1. The molecule has 186 valence electrons. The summed E-state index contributed by atoms with van der Waals surface area (Å²) in [4.78, 5) is 18.8. The Morgan fingerprint density at radius 2 is 1.75 bits per heavy atom. The van der Waals surface area contributed by atoms with Crippen LogP contribution in [-0.4, -0.2) is 50.4 Å². The molecule has 3 heterocycles. The van der Waals surface area contributed by atoms with Gasteiger partial charge >= 0.3 is 13.4 Å². The minimum absolute atomic E-state index is 0.00192. The zero-order chi connectivity index (χ0) is 25.0. The maximum Gasteiger partial charge on any atom is 0.346 e. The van der Waals surface area contributed by atoms with Gasteiger partial charge < -0.3 is 4.74 Å². The third-order valence-electron chi connectivity index (χ3n) is 6.32. The van der Waals surface area contributed by atoms with Crippen molar-refractivity contribution in [1.82, 2.24) is 19.3 Å². The Hall–Kier alpha value is -3.31. The first kappa shape index (κ1) is 23.1. The van der Waals surface area contributed by atoms with Gasteiger partial charge in [0, 0.05) is 43.9 Å². The van der Waals surface area contributed by atoms with Gasteiger partial charge in [-0.25, -0.2) is 28.1 Å². The average molecular weight is 515 g/mol. The third-order valence-corrected chi connectivity index (χ3v) is 9.08. The van der Waals surface area contributed by atoms with Crippen molar-refractivity contribution >= 4 is 13.4 Å². The fourth-order valence-electron chi connectivity index (χ4n) is 4.37. The van der Waals surface area contributed by atoms with E-state index in [1.807, 2.05) is 9.34 Å². The molecule has 6 rings (SSSR count). The third kappa shape index (κ3) is 4.16. The Morgan fingerprint density at radius 3 is 2.36 bits per heavy atom. The van der Waals surface area contributed by atoms with Gasteiger partial charge in [0.25, 0.3) is 0 Å². The van der Waals surface area contributed by atoms with Gasteiger partial charge in [0.05, 0.1) is 29.0 Å². The molecule has 0 saturated carbocycles. The van der Waals surface area contributed by atoms with Gasteiger partial charge in [-0.15, -0.1) is 0 Å². The van der Waals surface area contributed by atoms with Crippen LogP contribution in [-0.2, 0) is 15.5 Å². The van der Waals surface area contributed by atoms with Crippen molar-refractivity contribution in [2.45, 2.75) is 18.9 Å². The van der Waals surface area contributed by atoms with E-state index in [9.17, 15) is 23.5 Å². The van der Waals surface area contributed by atoms with Crippen LogP contribution in [0.3, 0.4) is 0 Å². The van der Waals surface area contributed by atoms with E-state index < -0.39 is 30.3 Å². The molecule has 36 heavy (non-hydrogen) atoms. The molecule has 10 nitrogen and oxygen atoms in total. The molecule has 2 saturated heterocycles. The summed E-state index contributed by atoms with van der Waals surface area (Å²) in [5.74, 6) is -1.34. The van der Waals surface area contributed by atoms with E-state index in [1.165, 1.54) is 18.2 Å². The lowest BCUT2D eigenvalue weighted by Crippen LogP contribution is -2.11. The summed E-state index contributed by atoms with van der Waals surface area (Å²) in [5, 5.41) is 11.8. The molecule has 3 aromatic rings. The summed E-state index contributed by atoms with van der Waals surface area (Å²) in [6.45, 7) is 2.86. The minimum atomic E-state index is -3.10. The van der Waals surface area contributed by atoms with E-state index in [0.717, 1.165) is 18.5 Å². The number of halogens is 2. The van der Waals surface area contributed by atoms with Gasteiger partial charge in [-0.05, 0) is 36.6 Å². The topological polar surface area (TPSA) is 110 Å². The molecule has 0 unspecified atom stereocenters. The number of hydrogen-bond acceptors (Lipinski definition) is 7. The molecule has 0 bridgehead atoms. The Labute approximate surface area is 204 Å². The Kier molecular flexibility index (Phi) is 5.56. The largest absolute Gasteiger partial charge is 0.450 e. The smallest absolute Gasteiger partial charge is 0.346 e. The molecule has 0 spiro atoms. The van der Waals surface area contributed by atoms with Gasteiger partial charge in [0.15, 0.2) is 11.6 Å². The fraction of sp³-hybridized carbons (Fsp3) is 0.304. The second-order valence-electron chi connectivity index (χ2n) is 8.74. The van der Waals surface area contributed by atoms with Crippen LogP contribution in [0.2, 0.25) is 0 Å². The minimum Gasteiger partial charge on any atom is -0.450 e. The first-order valence-electron chi connectivity index (χ1n) is 11.4. The number of aromatic nitrogens is 2. The summed E-state index contributed by atoms with van der Waals surface area (Å²) in [6.07, 6.45) is 2.28. The second kappa shape index (κ2) is 8.67. The monoisotopic (exact) mass is 515 g/mol. The van der Waals surface area contributed by atoms with E-state index in [1.54, 1.807) is 6.07 Å². The Bertz CT molecular complexity index is 1400. The van der Waals surface area contributed by atoms with Crippen LogP contribution < -0.4 is 4.74 Å². The highest BCUT2D eigenvalue weighted by atomic mass is 31.2. The van der Waals surface area contributed by atoms with Crippen LogP contribution in [0.1, 0.15) is 23.7 Å². The molecule has 2 aliphatic heterocycles. The molecule has 0 radical (unpaired) electrons. The highest BCUT2D eigenvalue weighted by Crippen LogP contribution is 2.64.